The van der Waals surface area contributed by atoms with Gasteiger partial charge in [0.15, 0.2) is 0 Å². The summed E-state index contributed by atoms with van der Waals surface area (Å²) in [5.74, 6) is -0.207. The number of carbonyl (C=O) groups is 1. The van der Waals surface area contributed by atoms with Crippen molar-refractivity contribution in [3.05, 3.63) is 66.4 Å². The van der Waals surface area contributed by atoms with Gasteiger partial charge in [0, 0.05) is 23.0 Å². The fourth-order valence-corrected chi connectivity index (χ4v) is 2.03. The van der Waals surface area contributed by atoms with Crippen LogP contribution in [0.3, 0.4) is 0 Å². The van der Waals surface area contributed by atoms with Gasteiger partial charge in [0.25, 0.3) is 5.91 Å². The zero-order chi connectivity index (χ0) is 14.7. The number of aromatic hydroxyl groups is 1. The molecule has 5 heteroatoms. The Morgan fingerprint density at radius 1 is 1.10 bits per heavy atom. The number of aromatic nitrogens is 2. The highest BCUT2D eigenvalue weighted by Crippen LogP contribution is 2.21. The van der Waals surface area contributed by atoms with E-state index in [9.17, 15) is 9.90 Å². The van der Waals surface area contributed by atoms with Gasteiger partial charge in [0.2, 0.25) is 0 Å². The molecular weight excluding hydrogens is 266 g/mol. The van der Waals surface area contributed by atoms with Crippen LogP contribution in [-0.2, 0) is 0 Å². The van der Waals surface area contributed by atoms with E-state index in [1.165, 1.54) is 12.1 Å². The smallest absolute Gasteiger partial charge is 0.255 e. The van der Waals surface area contributed by atoms with Crippen molar-refractivity contribution in [2.24, 2.45) is 0 Å². The first-order valence-electron chi connectivity index (χ1n) is 6.42. The summed E-state index contributed by atoms with van der Waals surface area (Å²) in [5.41, 5.74) is 2.89. The largest absolute Gasteiger partial charge is 0.508 e. The van der Waals surface area contributed by atoms with Crippen molar-refractivity contribution in [2.45, 2.75) is 0 Å². The minimum atomic E-state index is -0.271. The molecule has 0 aliphatic heterocycles. The Balaban J connectivity index is 1.82. The average molecular weight is 279 g/mol. The van der Waals surface area contributed by atoms with E-state index >= 15 is 0 Å². The third-order valence-corrected chi connectivity index (χ3v) is 3.04. The molecule has 3 aromatic rings. The van der Waals surface area contributed by atoms with Gasteiger partial charge >= 0.3 is 0 Å². The van der Waals surface area contributed by atoms with Crippen molar-refractivity contribution in [1.82, 2.24) is 10.2 Å². The molecule has 0 saturated heterocycles. The van der Waals surface area contributed by atoms with Gasteiger partial charge in [-0.15, -0.1) is 0 Å². The third-order valence-electron chi connectivity index (χ3n) is 3.04. The molecule has 0 spiro atoms. The van der Waals surface area contributed by atoms with Crippen LogP contribution in [0.4, 0.5) is 5.69 Å². The third kappa shape index (κ3) is 2.92. The van der Waals surface area contributed by atoms with E-state index in [-0.39, 0.29) is 11.7 Å². The SMILES string of the molecule is O=C(Nc1cccc(-c2ccn[nH]2)c1)c1cccc(O)c1. The fourth-order valence-electron chi connectivity index (χ4n) is 2.03. The number of rotatable bonds is 3. The predicted molar refractivity (Wildman–Crippen MR) is 80.1 cm³/mol. The first-order valence-corrected chi connectivity index (χ1v) is 6.42. The number of H-pyrrole nitrogens is 1. The summed E-state index contributed by atoms with van der Waals surface area (Å²) < 4.78 is 0. The second-order valence-electron chi connectivity index (χ2n) is 4.56. The van der Waals surface area contributed by atoms with Gasteiger partial charge < -0.3 is 10.4 Å². The van der Waals surface area contributed by atoms with Crippen LogP contribution in [-0.4, -0.2) is 21.2 Å². The van der Waals surface area contributed by atoms with Crippen molar-refractivity contribution in [3.8, 4) is 17.0 Å². The van der Waals surface area contributed by atoms with Crippen LogP contribution in [0.15, 0.2) is 60.8 Å². The molecule has 0 radical (unpaired) electrons. The Bertz CT molecular complexity index is 767. The zero-order valence-electron chi connectivity index (χ0n) is 11.1. The summed E-state index contributed by atoms with van der Waals surface area (Å²) in [4.78, 5) is 12.1. The van der Waals surface area contributed by atoms with Crippen molar-refractivity contribution in [1.29, 1.82) is 0 Å². The van der Waals surface area contributed by atoms with Crippen molar-refractivity contribution < 1.29 is 9.90 Å². The molecule has 5 nitrogen and oxygen atoms in total. The molecule has 1 amide bonds. The van der Waals surface area contributed by atoms with E-state index in [1.54, 1.807) is 24.4 Å². The second kappa shape index (κ2) is 5.50. The molecule has 0 fully saturated rings. The maximum Gasteiger partial charge on any atom is 0.255 e. The zero-order valence-corrected chi connectivity index (χ0v) is 11.1. The number of benzene rings is 2. The van der Waals surface area contributed by atoms with Crippen LogP contribution in [0.25, 0.3) is 11.3 Å². The van der Waals surface area contributed by atoms with Crippen molar-refractivity contribution in [2.75, 3.05) is 5.32 Å². The van der Waals surface area contributed by atoms with Crippen molar-refractivity contribution >= 4 is 11.6 Å². The minimum Gasteiger partial charge on any atom is -0.508 e. The van der Waals surface area contributed by atoms with E-state index in [4.69, 9.17) is 0 Å². The highest BCUT2D eigenvalue weighted by molar-refractivity contribution is 6.04. The van der Waals surface area contributed by atoms with Gasteiger partial charge in [-0.25, -0.2) is 0 Å². The molecular formula is C16H13N3O2. The molecule has 21 heavy (non-hydrogen) atoms. The van der Waals surface area contributed by atoms with Crippen LogP contribution < -0.4 is 5.32 Å². The summed E-state index contributed by atoms with van der Waals surface area (Å²) in [6.07, 6.45) is 1.67. The van der Waals surface area contributed by atoms with Gasteiger partial charge in [-0.1, -0.05) is 18.2 Å². The fraction of sp³-hybridized carbons (Fsp3) is 0. The molecule has 0 atom stereocenters. The molecule has 1 aromatic heterocycles. The lowest BCUT2D eigenvalue weighted by atomic mass is 10.1. The number of nitrogens with zero attached hydrogens (tertiary/aromatic N) is 1. The molecule has 0 aliphatic carbocycles. The molecule has 1 heterocycles. The first-order chi connectivity index (χ1) is 10.2. The van der Waals surface area contributed by atoms with E-state index in [2.05, 4.69) is 15.5 Å². The minimum absolute atomic E-state index is 0.0638. The molecule has 3 N–H and O–H groups in total. The van der Waals surface area contributed by atoms with Gasteiger partial charge in [0.1, 0.15) is 5.75 Å². The Labute approximate surface area is 121 Å². The number of carbonyl (C=O) groups excluding carboxylic acids is 1. The Morgan fingerprint density at radius 3 is 2.71 bits per heavy atom. The van der Waals surface area contributed by atoms with Crippen LogP contribution in [0.1, 0.15) is 10.4 Å². The van der Waals surface area contributed by atoms with E-state index in [1.807, 2.05) is 24.3 Å². The summed E-state index contributed by atoms with van der Waals surface area (Å²) in [7, 11) is 0. The summed E-state index contributed by atoms with van der Waals surface area (Å²) in [6, 6.07) is 15.5. The highest BCUT2D eigenvalue weighted by Gasteiger charge is 2.07. The van der Waals surface area contributed by atoms with Gasteiger partial charge in [-0.2, -0.15) is 5.10 Å². The summed E-state index contributed by atoms with van der Waals surface area (Å²) >= 11 is 0. The van der Waals surface area contributed by atoms with Gasteiger partial charge in [-0.3, -0.25) is 9.89 Å². The lowest BCUT2D eigenvalue weighted by molar-refractivity contribution is 0.102. The molecule has 0 aliphatic rings. The Kier molecular flexibility index (Phi) is 3.39. The summed E-state index contributed by atoms with van der Waals surface area (Å²) in [5, 5.41) is 19.0. The summed E-state index contributed by atoms with van der Waals surface area (Å²) in [6.45, 7) is 0. The number of hydrogen-bond donors (Lipinski definition) is 3. The van der Waals surface area contributed by atoms with Gasteiger partial charge in [-0.05, 0) is 36.4 Å². The number of nitrogens with one attached hydrogen (secondary N) is 2. The monoisotopic (exact) mass is 279 g/mol. The average Bonchev–Trinajstić information content (AvgIpc) is 3.02. The molecule has 0 bridgehead atoms. The molecule has 104 valence electrons. The number of amides is 1. The predicted octanol–water partition coefficient (Wildman–Crippen LogP) is 3.03. The molecule has 2 aromatic carbocycles. The maximum atomic E-state index is 12.1. The Morgan fingerprint density at radius 2 is 1.95 bits per heavy atom. The number of aromatic amines is 1. The lowest BCUT2D eigenvalue weighted by Gasteiger charge is -2.07. The van der Waals surface area contributed by atoms with Crippen LogP contribution >= 0.6 is 0 Å². The molecule has 0 unspecified atom stereocenters. The second-order valence-corrected chi connectivity index (χ2v) is 4.56. The standard InChI is InChI=1S/C16H13N3O2/c20-14-6-2-4-12(10-14)16(21)18-13-5-1-3-11(9-13)15-7-8-17-19-15/h1-10,20H,(H,17,19)(H,18,21). The number of anilines is 1. The lowest BCUT2D eigenvalue weighted by Crippen LogP contribution is -2.11. The normalized spacial score (nSPS) is 10.3. The molecule has 0 saturated carbocycles. The number of hydrogen-bond acceptors (Lipinski definition) is 3. The quantitative estimate of drug-likeness (QED) is 0.689. The Hall–Kier alpha value is -3.08. The van der Waals surface area contributed by atoms with E-state index in [0.29, 0.717) is 11.3 Å². The highest BCUT2D eigenvalue weighted by atomic mass is 16.3. The van der Waals surface area contributed by atoms with Crippen LogP contribution in [0.2, 0.25) is 0 Å². The van der Waals surface area contributed by atoms with E-state index < -0.39 is 0 Å². The van der Waals surface area contributed by atoms with E-state index in [0.717, 1.165) is 11.3 Å². The van der Waals surface area contributed by atoms with Crippen LogP contribution in [0, 0.1) is 0 Å². The van der Waals surface area contributed by atoms with Crippen molar-refractivity contribution in [3.63, 3.8) is 0 Å². The first kappa shape index (κ1) is 12.9. The molecule has 3 rings (SSSR count). The number of phenols is 1. The van der Waals surface area contributed by atoms with Crippen LogP contribution in [0.5, 0.6) is 5.75 Å². The van der Waals surface area contributed by atoms with Gasteiger partial charge in [0.05, 0.1) is 5.69 Å². The maximum absolute atomic E-state index is 12.1. The topological polar surface area (TPSA) is 78.0 Å². The number of phenolic OH excluding ortho intramolecular Hbond substituents is 1.